The molecule has 0 fully saturated rings. The molecule has 0 spiro atoms. The Morgan fingerprint density at radius 3 is 2.60 bits per heavy atom. The first-order valence-electron chi connectivity index (χ1n) is 4.28. The normalized spacial score (nSPS) is 20.0. The molecule has 78 valence electrons. The number of benzene rings is 1. The van der Waals surface area contributed by atoms with E-state index < -0.39 is 5.62 Å². The van der Waals surface area contributed by atoms with E-state index in [0.717, 1.165) is 5.69 Å². The third-order valence-electron chi connectivity index (χ3n) is 1.71. The fourth-order valence-corrected chi connectivity index (χ4v) is 1.54. The minimum absolute atomic E-state index is 0.225. The maximum Gasteiger partial charge on any atom is 0.221 e. The van der Waals surface area contributed by atoms with Crippen LogP contribution in [-0.2, 0) is 0 Å². The summed E-state index contributed by atoms with van der Waals surface area (Å²) in [6.07, 6.45) is 0. The third-order valence-corrected chi connectivity index (χ3v) is 2.10. The van der Waals surface area contributed by atoms with E-state index in [0.29, 0.717) is 5.96 Å². The Hall–Kier alpha value is -1.26. The molecule has 0 unspecified atom stereocenters. The third kappa shape index (κ3) is 2.84. The van der Waals surface area contributed by atoms with Crippen LogP contribution >= 0.6 is 23.2 Å². The molecule has 0 bridgehead atoms. The fourth-order valence-electron chi connectivity index (χ4n) is 1.11. The molecule has 0 saturated carbocycles. The topological polar surface area (TPSA) is 48.8 Å². The summed E-state index contributed by atoms with van der Waals surface area (Å²) < 4.78 is 0. The van der Waals surface area contributed by atoms with Crippen molar-refractivity contribution in [2.75, 3.05) is 5.32 Å². The number of anilines is 1. The predicted octanol–water partition coefficient (Wildman–Crippen LogP) is 2.17. The molecule has 1 aliphatic rings. The van der Waals surface area contributed by atoms with Gasteiger partial charge in [0.25, 0.3) is 0 Å². The van der Waals surface area contributed by atoms with Crippen LogP contribution in [0.2, 0.25) is 0 Å². The van der Waals surface area contributed by atoms with Gasteiger partial charge in [-0.05, 0) is 23.7 Å². The Labute approximate surface area is 97.0 Å². The Bertz CT molecular complexity index is 402. The standard InChI is InChI=1S/C9H8Cl2N4/c10-7-13-8(11)15-9(14-7)12-6-4-2-1-3-5-6/h1-5,7H,(H2,12,13,14,15)/t7-/m0/s1. The first kappa shape index (κ1) is 10.3. The fraction of sp³-hybridized carbons (Fsp3) is 0.111. The summed E-state index contributed by atoms with van der Waals surface area (Å²) >= 11 is 11.4. The van der Waals surface area contributed by atoms with Crippen molar-refractivity contribution in [3.63, 3.8) is 0 Å². The van der Waals surface area contributed by atoms with Gasteiger partial charge in [-0.2, -0.15) is 0 Å². The van der Waals surface area contributed by atoms with Gasteiger partial charge in [0, 0.05) is 5.69 Å². The highest BCUT2D eigenvalue weighted by atomic mass is 35.5. The molecule has 1 atom stereocenters. The number of halogens is 2. The largest absolute Gasteiger partial charge is 0.326 e. The average molecular weight is 243 g/mol. The maximum atomic E-state index is 5.73. The molecular weight excluding hydrogens is 235 g/mol. The van der Waals surface area contributed by atoms with E-state index in [1.54, 1.807) is 0 Å². The number of amidine groups is 1. The SMILES string of the molecule is ClC1=N[C@H](Cl)N=C(Nc2ccccc2)N1. The van der Waals surface area contributed by atoms with Crippen molar-refractivity contribution in [3.05, 3.63) is 30.3 Å². The molecule has 1 aromatic carbocycles. The van der Waals surface area contributed by atoms with Gasteiger partial charge in [0.2, 0.25) is 16.9 Å². The highest BCUT2D eigenvalue weighted by Crippen LogP contribution is 2.09. The Morgan fingerprint density at radius 2 is 1.93 bits per heavy atom. The van der Waals surface area contributed by atoms with Crippen molar-refractivity contribution in [1.82, 2.24) is 5.32 Å². The highest BCUT2D eigenvalue weighted by Gasteiger charge is 2.12. The number of nitrogens with zero attached hydrogens (tertiary/aromatic N) is 2. The molecule has 0 saturated heterocycles. The molecule has 2 N–H and O–H groups in total. The molecular formula is C9H8Cl2N4. The summed E-state index contributed by atoms with van der Waals surface area (Å²) in [5.74, 6) is 0.487. The lowest BCUT2D eigenvalue weighted by Crippen LogP contribution is -2.37. The second kappa shape index (κ2) is 4.51. The van der Waals surface area contributed by atoms with Crippen molar-refractivity contribution in [2.45, 2.75) is 5.62 Å². The molecule has 2 rings (SSSR count). The van der Waals surface area contributed by atoms with Gasteiger partial charge in [0.1, 0.15) is 0 Å². The van der Waals surface area contributed by atoms with E-state index in [1.807, 2.05) is 30.3 Å². The molecule has 0 radical (unpaired) electrons. The van der Waals surface area contributed by atoms with Crippen LogP contribution in [0.5, 0.6) is 0 Å². The number of guanidine groups is 1. The van der Waals surface area contributed by atoms with Gasteiger partial charge in [0.15, 0.2) is 0 Å². The van der Waals surface area contributed by atoms with Gasteiger partial charge >= 0.3 is 0 Å². The lowest BCUT2D eigenvalue weighted by molar-refractivity contribution is 0.933. The van der Waals surface area contributed by atoms with Crippen molar-refractivity contribution >= 4 is 40.1 Å². The molecule has 0 aliphatic carbocycles. The summed E-state index contributed by atoms with van der Waals surface area (Å²) in [6.45, 7) is 0. The van der Waals surface area contributed by atoms with E-state index in [2.05, 4.69) is 20.6 Å². The van der Waals surface area contributed by atoms with Gasteiger partial charge in [-0.25, -0.2) is 9.98 Å². The van der Waals surface area contributed by atoms with E-state index in [9.17, 15) is 0 Å². The van der Waals surface area contributed by atoms with Crippen molar-refractivity contribution in [3.8, 4) is 0 Å². The Balaban J connectivity index is 2.08. The second-order valence-corrected chi connectivity index (χ2v) is 3.57. The second-order valence-electron chi connectivity index (χ2n) is 2.82. The van der Waals surface area contributed by atoms with E-state index in [1.165, 1.54) is 0 Å². The summed E-state index contributed by atoms with van der Waals surface area (Å²) in [4.78, 5) is 7.80. The lowest BCUT2D eigenvalue weighted by Gasteiger charge is -2.15. The number of hydrogen-bond donors (Lipinski definition) is 2. The van der Waals surface area contributed by atoms with Gasteiger partial charge in [-0.1, -0.05) is 29.8 Å². The molecule has 0 amide bonds. The van der Waals surface area contributed by atoms with E-state index in [-0.39, 0.29) is 5.29 Å². The Morgan fingerprint density at radius 1 is 1.20 bits per heavy atom. The number of alkyl halides is 1. The number of nitrogens with one attached hydrogen (secondary N) is 2. The number of hydrogen-bond acceptors (Lipinski definition) is 4. The van der Waals surface area contributed by atoms with Crippen LogP contribution < -0.4 is 10.6 Å². The number of para-hydroxylation sites is 1. The highest BCUT2D eigenvalue weighted by molar-refractivity contribution is 6.66. The zero-order valence-electron chi connectivity index (χ0n) is 7.61. The van der Waals surface area contributed by atoms with Gasteiger partial charge < -0.3 is 10.6 Å². The van der Waals surface area contributed by atoms with Crippen LogP contribution in [0.25, 0.3) is 0 Å². The van der Waals surface area contributed by atoms with Crippen LogP contribution in [0.3, 0.4) is 0 Å². The smallest absolute Gasteiger partial charge is 0.221 e. The maximum absolute atomic E-state index is 5.73. The monoisotopic (exact) mass is 242 g/mol. The lowest BCUT2D eigenvalue weighted by atomic mass is 10.3. The predicted molar refractivity (Wildman–Crippen MR) is 63.6 cm³/mol. The van der Waals surface area contributed by atoms with Crippen molar-refractivity contribution < 1.29 is 0 Å². The summed E-state index contributed by atoms with van der Waals surface area (Å²) in [5.41, 5.74) is 0.226. The molecule has 1 aromatic rings. The van der Waals surface area contributed by atoms with Crippen molar-refractivity contribution in [1.29, 1.82) is 0 Å². The van der Waals surface area contributed by atoms with E-state index in [4.69, 9.17) is 23.2 Å². The van der Waals surface area contributed by atoms with Gasteiger partial charge in [-0.15, -0.1) is 0 Å². The first-order valence-corrected chi connectivity index (χ1v) is 5.10. The molecule has 4 nitrogen and oxygen atoms in total. The van der Waals surface area contributed by atoms with Crippen LogP contribution in [0.1, 0.15) is 0 Å². The molecule has 6 heteroatoms. The van der Waals surface area contributed by atoms with Crippen molar-refractivity contribution in [2.24, 2.45) is 9.98 Å². The van der Waals surface area contributed by atoms with Crippen LogP contribution in [0, 0.1) is 0 Å². The zero-order valence-corrected chi connectivity index (χ0v) is 9.13. The average Bonchev–Trinajstić information content (AvgIpc) is 2.17. The molecule has 0 aromatic heterocycles. The van der Waals surface area contributed by atoms with Crippen LogP contribution in [0.15, 0.2) is 40.3 Å². The molecule has 1 aliphatic heterocycles. The minimum atomic E-state index is -0.676. The van der Waals surface area contributed by atoms with Gasteiger partial charge in [-0.3, -0.25) is 0 Å². The van der Waals surface area contributed by atoms with Crippen LogP contribution in [-0.4, -0.2) is 16.9 Å². The van der Waals surface area contributed by atoms with Gasteiger partial charge in [0.05, 0.1) is 0 Å². The summed E-state index contributed by atoms with van der Waals surface area (Å²) in [5, 5.41) is 6.02. The quantitative estimate of drug-likeness (QED) is 0.586. The zero-order chi connectivity index (χ0) is 10.7. The molecule has 15 heavy (non-hydrogen) atoms. The number of rotatable bonds is 1. The Kier molecular flexibility index (Phi) is 3.08. The summed E-state index contributed by atoms with van der Waals surface area (Å²) in [6, 6.07) is 9.58. The van der Waals surface area contributed by atoms with E-state index >= 15 is 0 Å². The summed E-state index contributed by atoms with van der Waals surface area (Å²) in [7, 11) is 0. The molecule has 1 heterocycles. The van der Waals surface area contributed by atoms with Crippen LogP contribution in [0.4, 0.5) is 5.69 Å². The first-order chi connectivity index (χ1) is 7.24. The minimum Gasteiger partial charge on any atom is -0.326 e. The number of aliphatic imine (C=N–C) groups is 2.